The number of rotatable bonds is 7. The van der Waals surface area contributed by atoms with Crippen LogP contribution in [0.4, 0.5) is 5.13 Å². The molecular weight excluding hydrogens is 256 g/mol. The summed E-state index contributed by atoms with van der Waals surface area (Å²) in [6.07, 6.45) is 1.46. The second-order valence-corrected chi connectivity index (χ2v) is 5.78. The number of amides is 1. The van der Waals surface area contributed by atoms with Gasteiger partial charge in [-0.1, -0.05) is 23.1 Å². The van der Waals surface area contributed by atoms with Gasteiger partial charge in [0.05, 0.1) is 0 Å². The molecule has 1 aromatic heterocycles. The molecule has 5 nitrogen and oxygen atoms in total. The summed E-state index contributed by atoms with van der Waals surface area (Å²) in [5.41, 5.74) is 5.48. The molecule has 0 spiro atoms. The Balaban J connectivity index is 2.17. The van der Waals surface area contributed by atoms with E-state index in [0.717, 1.165) is 29.6 Å². The minimum Gasteiger partial charge on any atom is -0.374 e. The van der Waals surface area contributed by atoms with Crippen LogP contribution in [0.15, 0.2) is 4.34 Å². The van der Waals surface area contributed by atoms with Crippen LogP contribution in [0.2, 0.25) is 0 Å². The van der Waals surface area contributed by atoms with Crippen molar-refractivity contribution >= 4 is 34.1 Å². The third kappa shape index (κ3) is 4.91. The van der Waals surface area contributed by atoms with Crippen molar-refractivity contribution in [3.8, 4) is 0 Å². The van der Waals surface area contributed by atoms with E-state index in [2.05, 4.69) is 10.2 Å². The summed E-state index contributed by atoms with van der Waals surface area (Å²) in [6, 6.07) is 0. The van der Waals surface area contributed by atoms with Gasteiger partial charge in [-0.3, -0.25) is 4.79 Å². The molecule has 1 aromatic rings. The van der Waals surface area contributed by atoms with E-state index in [1.54, 1.807) is 11.8 Å². The van der Waals surface area contributed by atoms with Gasteiger partial charge in [0.15, 0.2) is 4.34 Å². The molecule has 0 saturated heterocycles. The SMILES string of the molecule is CCN(CC)C(=O)CCCSc1nnc(N)s1. The summed E-state index contributed by atoms with van der Waals surface area (Å²) in [4.78, 5) is 13.5. The first kappa shape index (κ1) is 14.2. The van der Waals surface area contributed by atoms with Crippen molar-refractivity contribution in [2.75, 3.05) is 24.6 Å². The molecule has 2 N–H and O–H groups in total. The first-order chi connectivity index (χ1) is 8.17. The van der Waals surface area contributed by atoms with Gasteiger partial charge in [0.25, 0.3) is 0 Å². The van der Waals surface area contributed by atoms with Gasteiger partial charge in [-0.2, -0.15) is 0 Å². The Bertz CT molecular complexity index is 352. The van der Waals surface area contributed by atoms with Crippen LogP contribution >= 0.6 is 23.1 Å². The van der Waals surface area contributed by atoms with Crippen LogP contribution in [0.1, 0.15) is 26.7 Å². The first-order valence-corrected chi connectivity index (χ1v) is 7.47. The van der Waals surface area contributed by atoms with Crippen molar-refractivity contribution in [2.45, 2.75) is 31.0 Å². The largest absolute Gasteiger partial charge is 0.374 e. The average molecular weight is 274 g/mol. The monoisotopic (exact) mass is 274 g/mol. The lowest BCUT2D eigenvalue weighted by Crippen LogP contribution is -2.30. The number of anilines is 1. The fourth-order valence-electron chi connectivity index (χ4n) is 1.40. The lowest BCUT2D eigenvalue weighted by molar-refractivity contribution is -0.130. The maximum atomic E-state index is 11.7. The third-order valence-electron chi connectivity index (χ3n) is 2.30. The Kier molecular flexibility index (Phi) is 6.28. The minimum absolute atomic E-state index is 0.229. The zero-order valence-electron chi connectivity index (χ0n) is 10.2. The summed E-state index contributed by atoms with van der Waals surface area (Å²) in [6.45, 7) is 5.57. The van der Waals surface area contributed by atoms with Crippen molar-refractivity contribution in [1.29, 1.82) is 0 Å². The topological polar surface area (TPSA) is 72.1 Å². The number of nitrogens with two attached hydrogens (primary N) is 1. The Morgan fingerprint density at radius 3 is 2.65 bits per heavy atom. The predicted molar refractivity (Wildman–Crippen MR) is 72.2 cm³/mol. The second-order valence-electron chi connectivity index (χ2n) is 3.42. The second kappa shape index (κ2) is 7.50. The Hall–Kier alpha value is -0.820. The smallest absolute Gasteiger partial charge is 0.222 e. The van der Waals surface area contributed by atoms with E-state index in [0.29, 0.717) is 11.6 Å². The zero-order chi connectivity index (χ0) is 12.7. The van der Waals surface area contributed by atoms with Gasteiger partial charge in [0.1, 0.15) is 0 Å². The maximum absolute atomic E-state index is 11.7. The van der Waals surface area contributed by atoms with Crippen LogP contribution in [0.5, 0.6) is 0 Å². The van der Waals surface area contributed by atoms with Crippen LogP contribution in [-0.4, -0.2) is 39.8 Å². The van der Waals surface area contributed by atoms with Crippen LogP contribution in [0.3, 0.4) is 0 Å². The molecule has 0 aliphatic heterocycles. The van der Waals surface area contributed by atoms with E-state index in [-0.39, 0.29) is 5.91 Å². The van der Waals surface area contributed by atoms with E-state index < -0.39 is 0 Å². The fraction of sp³-hybridized carbons (Fsp3) is 0.700. The van der Waals surface area contributed by atoms with Crippen molar-refractivity contribution in [1.82, 2.24) is 15.1 Å². The molecule has 0 aliphatic carbocycles. The number of hydrogen-bond donors (Lipinski definition) is 1. The number of carbonyl (C=O) groups is 1. The maximum Gasteiger partial charge on any atom is 0.222 e. The molecule has 17 heavy (non-hydrogen) atoms. The van der Waals surface area contributed by atoms with Crippen molar-refractivity contribution < 1.29 is 4.79 Å². The number of nitrogens with zero attached hydrogens (tertiary/aromatic N) is 3. The molecule has 0 aromatic carbocycles. The van der Waals surface area contributed by atoms with Crippen molar-refractivity contribution in [2.24, 2.45) is 0 Å². The van der Waals surface area contributed by atoms with Crippen LogP contribution in [0.25, 0.3) is 0 Å². The van der Waals surface area contributed by atoms with Gasteiger partial charge in [-0.15, -0.1) is 10.2 Å². The molecule has 1 amide bonds. The van der Waals surface area contributed by atoms with E-state index in [1.807, 2.05) is 18.7 Å². The third-order valence-corrected chi connectivity index (χ3v) is 4.27. The highest BCUT2D eigenvalue weighted by Crippen LogP contribution is 2.24. The van der Waals surface area contributed by atoms with Crippen molar-refractivity contribution in [3.05, 3.63) is 0 Å². The Morgan fingerprint density at radius 1 is 1.41 bits per heavy atom. The molecule has 0 unspecified atom stereocenters. The number of nitrogen functional groups attached to an aromatic ring is 1. The van der Waals surface area contributed by atoms with E-state index in [9.17, 15) is 4.79 Å². The minimum atomic E-state index is 0.229. The van der Waals surface area contributed by atoms with Gasteiger partial charge in [-0.05, 0) is 20.3 Å². The number of thioether (sulfide) groups is 1. The molecule has 0 atom stereocenters. The Labute approximate surface area is 110 Å². The van der Waals surface area contributed by atoms with Crippen LogP contribution in [0, 0.1) is 0 Å². The van der Waals surface area contributed by atoms with Gasteiger partial charge in [-0.25, -0.2) is 0 Å². The molecule has 1 rings (SSSR count). The fourth-order valence-corrected chi connectivity index (χ4v) is 3.04. The highest BCUT2D eigenvalue weighted by molar-refractivity contribution is 8.01. The molecular formula is C10H18N4OS2. The molecule has 96 valence electrons. The highest BCUT2D eigenvalue weighted by Gasteiger charge is 2.09. The standard InChI is InChI=1S/C10H18N4OS2/c1-3-14(4-2)8(15)6-5-7-16-10-13-12-9(11)17-10/h3-7H2,1-2H3,(H2,11,12). The molecule has 1 heterocycles. The number of aromatic nitrogens is 2. The van der Waals surface area contributed by atoms with Gasteiger partial charge >= 0.3 is 0 Å². The lowest BCUT2D eigenvalue weighted by Gasteiger charge is -2.18. The average Bonchev–Trinajstić information content (AvgIpc) is 2.72. The summed E-state index contributed by atoms with van der Waals surface area (Å²) in [5.74, 6) is 1.11. The van der Waals surface area contributed by atoms with Crippen LogP contribution < -0.4 is 5.73 Å². The number of hydrogen-bond acceptors (Lipinski definition) is 6. The zero-order valence-corrected chi connectivity index (χ0v) is 11.8. The molecule has 0 bridgehead atoms. The summed E-state index contributed by atoms with van der Waals surface area (Å²) in [7, 11) is 0. The van der Waals surface area contributed by atoms with E-state index in [1.165, 1.54) is 11.3 Å². The van der Waals surface area contributed by atoms with Gasteiger partial charge in [0.2, 0.25) is 11.0 Å². The molecule has 0 radical (unpaired) electrons. The summed E-state index contributed by atoms with van der Waals surface area (Å²) < 4.78 is 0.873. The highest BCUT2D eigenvalue weighted by atomic mass is 32.2. The van der Waals surface area contributed by atoms with E-state index >= 15 is 0 Å². The molecule has 0 fully saturated rings. The summed E-state index contributed by atoms with van der Waals surface area (Å²) >= 11 is 2.99. The Morgan fingerprint density at radius 2 is 2.12 bits per heavy atom. The summed E-state index contributed by atoms with van der Waals surface area (Å²) in [5, 5.41) is 8.14. The lowest BCUT2D eigenvalue weighted by atomic mass is 10.3. The number of carbonyl (C=O) groups excluding carboxylic acids is 1. The van der Waals surface area contributed by atoms with Crippen molar-refractivity contribution in [3.63, 3.8) is 0 Å². The van der Waals surface area contributed by atoms with Gasteiger partial charge in [0, 0.05) is 25.3 Å². The first-order valence-electron chi connectivity index (χ1n) is 5.66. The van der Waals surface area contributed by atoms with Gasteiger partial charge < -0.3 is 10.6 Å². The van der Waals surface area contributed by atoms with E-state index in [4.69, 9.17) is 5.73 Å². The molecule has 0 saturated carbocycles. The molecule has 7 heteroatoms. The predicted octanol–water partition coefficient (Wildman–Crippen LogP) is 1.86. The van der Waals surface area contributed by atoms with Crippen LogP contribution in [-0.2, 0) is 4.79 Å². The quantitative estimate of drug-likeness (QED) is 0.607. The molecule has 0 aliphatic rings. The normalized spacial score (nSPS) is 10.5.